The summed E-state index contributed by atoms with van der Waals surface area (Å²) in [5.74, 6) is 0.615. The van der Waals surface area contributed by atoms with Crippen LogP contribution < -0.4 is 21.0 Å². The maximum absolute atomic E-state index is 12.5. The zero-order valence-electron chi connectivity index (χ0n) is 18.4. The minimum Gasteiger partial charge on any atom is -0.489 e. The summed E-state index contributed by atoms with van der Waals surface area (Å²) in [5.41, 5.74) is 13.2. The lowest BCUT2D eigenvalue weighted by Gasteiger charge is -2.11. The highest BCUT2D eigenvalue weighted by molar-refractivity contribution is 6.30. The summed E-state index contributed by atoms with van der Waals surface area (Å²) < 4.78 is 5.84. The maximum atomic E-state index is 12.5. The van der Waals surface area contributed by atoms with Gasteiger partial charge in [0.2, 0.25) is 0 Å². The first kappa shape index (κ1) is 23.0. The third-order valence-electron chi connectivity index (χ3n) is 5.60. The number of nitrogens with one attached hydrogen (secondary N) is 3. The first-order chi connectivity index (χ1) is 16.1. The molecule has 0 spiro atoms. The van der Waals surface area contributed by atoms with Gasteiger partial charge in [0, 0.05) is 11.1 Å². The second-order valence-corrected chi connectivity index (χ2v) is 8.38. The molecule has 3 aromatic rings. The molecule has 7 heteroatoms. The molecule has 170 valence electrons. The highest BCUT2D eigenvalue weighted by atomic mass is 35.5. The van der Waals surface area contributed by atoms with Crippen molar-refractivity contribution in [2.45, 2.75) is 38.5 Å². The van der Waals surface area contributed by atoms with Crippen LogP contribution in [0.25, 0.3) is 0 Å². The first-order valence-corrected chi connectivity index (χ1v) is 11.4. The Bertz CT molecular complexity index is 1080. The van der Waals surface area contributed by atoms with E-state index in [-0.39, 0.29) is 18.0 Å². The van der Waals surface area contributed by atoms with Crippen LogP contribution >= 0.6 is 11.6 Å². The molecule has 0 bridgehead atoms. The van der Waals surface area contributed by atoms with Crippen molar-refractivity contribution < 1.29 is 9.53 Å². The van der Waals surface area contributed by atoms with Crippen molar-refractivity contribution in [3.05, 3.63) is 100 Å². The SMILES string of the molecule is CCc1ccc(/C=N/NC(=O)C2CC(c3ccc(OCc4ccc(Cl)cc4)cc3)NN2)cc1. The summed E-state index contributed by atoms with van der Waals surface area (Å²) in [7, 11) is 0. The lowest BCUT2D eigenvalue weighted by atomic mass is 10.0. The first-order valence-electron chi connectivity index (χ1n) is 11.0. The molecule has 0 aliphatic carbocycles. The Morgan fingerprint density at radius 2 is 1.73 bits per heavy atom. The lowest BCUT2D eigenvalue weighted by Crippen LogP contribution is -2.41. The number of rotatable bonds is 8. The Kier molecular flexibility index (Phi) is 7.73. The van der Waals surface area contributed by atoms with Gasteiger partial charge in [0.1, 0.15) is 18.4 Å². The van der Waals surface area contributed by atoms with Crippen LogP contribution in [0.1, 0.15) is 41.6 Å². The van der Waals surface area contributed by atoms with E-state index in [0.717, 1.165) is 28.9 Å². The molecular formula is C26H27ClN4O2. The Hall–Kier alpha value is -3.19. The van der Waals surface area contributed by atoms with Gasteiger partial charge in [0.15, 0.2) is 0 Å². The highest BCUT2D eigenvalue weighted by Crippen LogP contribution is 2.25. The Morgan fingerprint density at radius 1 is 1.03 bits per heavy atom. The number of hydrazine groups is 1. The van der Waals surface area contributed by atoms with Crippen molar-refractivity contribution in [1.82, 2.24) is 16.3 Å². The van der Waals surface area contributed by atoms with Crippen LogP contribution in [0.4, 0.5) is 0 Å². The molecule has 33 heavy (non-hydrogen) atoms. The van der Waals surface area contributed by atoms with Crippen LogP contribution in [-0.4, -0.2) is 18.2 Å². The second-order valence-electron chi connectivity index (χ2n) is 7.94. The van der Waals surface area contributed by atoms with Crippen molar-refractivity contribution in [1.29, 1.82) is 0 Å². The minimum atomic E-state index is -0.365. The quantitative estimate of drug-likeness (QED) is 0.339. The molecule has 3 aromatic carbocycles. The van der Waals surface area contributed by atoms with E-state index in [4.69, 9.17) is 16.3 Å². The van der Waals surface area contributed by atoms with Crippen LogP contribution in [0.5, 0.6) is 5.75 Å². The summed E-state index contributed by atoms with van der Waals surface area (Å²) in [6, 6.07) is 23.2. The molecule has 1 fully saturated rings. The average Bonchev–Trinajstić information content (AvgIpc) is 3.35. The van der Waals surface area contributed by atoms with E-state index in [1.165, 1.54) is 5.56 Å². The lowest BCUT2D eigenvalue weighted by molar-refractivity contribution is -0.122. The molecule has 0 radical (unpaired) electrons. The van der Waals surface area contributed by atoms with Gasteiger partial charge in [-0.05, 0) is 59.4 Å². The van der Waals surface area contributed by atoms with Gasteiger partial charge in [0.05, 0.1) is 6.21 Å². The summed E-state index contributed by atoms with van der Waals surface area (Å²) in [5, 5.41) is 4.79. The van der Waals surface area contributed by atoms with Crippen molar-refractivity contribution in [2.24, 2.45) is 5.10 Å². The molecule has 1 aliphatic rings. The standard InChI is InChI=1S/C26H27ClN4O2/c1-2-18-3-5-19(6-4-18)16-28-31-26(32)25-15-24(29-30-25)21-9-13-23(14-10-21)33-17-20-7-11-22(27)12-8-20/h3-14,16,24-25,29-30H,2,15,17H2,1H3,(H,31,32)/b28-16+. The molecule has 1 heterocycles. The van der Waals surface area contributed by atoms with E-state index < -0.39 is 0 Å². The fourth-order valence-electron chi connectivity index (χ4n) is 3.58. The van der Waals surface area contributed by atoms with Crippen LogP contribution in [0.2, 0.25) is 5.02 Å². The Morgan fingerprint density at radius 3 is 2.42 bits per heavy atom. The third kappa shape index (κ3) is 6.42. The molecule has 6 nitrogen and oxygen atoms in total. The summed E-state index contributed by atoms with van der Waals surface area (Å²) in [6.45, 7) is 2.59. The van der Waals surface area contributed by atoms with Gasteiger partial charge in [-0.2, -0.15) is 5.10 Å². The molecule has 1 amide bonds. The van der Waals surface area contributed by atoms with E-state index in [0.29, 0.717) is 18.1 Å². The van der Waals surface area contributed by atoms with Crippen LogP contribution in [0.3, 0.4) is 0 Å². The second kappa shape index (κ2) is 11.1. The fraction of sp³-hybridized carbons (Fsp3) is 0.231. The van der Waals surface area contributed by atoms with E-state index in [1.54, 1.807) is 6.21 Å². The number of amides is 1. The number of hydrogen-bond acceptors (Lipinski definition) is 5. The number of nitrogens with zero attached hydrogens (tertiary/aromatic N) is 1. The molecule has 1 aliphatic heterocycles. The fourth-order valence-corrected chi connectivity index (χ4v) is 3.70. The van der Waals surface area contributed by atoms with Gasteiger partial charge in [0.25, 0.3) is 5.91 Å². The maximum Gasteiger partial charge on any atom is 0.258 e. The van der Waals surface area contributed by atoms with E-state index >= 15 is 0 Å². The summed E-state index contributed by atoms with van der Waals surface area (Å²) >= 11 is 5.91. The molecule has 4 rings (SSSR count). The normalized spacial score (nSPS) is 17.9. The number of halogens is 1. The van der Waals surface area contributed by atoms with Crippen LogP contribution in [0.15, 0.2) is 77.9 Å². The number of hydrazone groups is 1. The van der Waals surface area contributed by atoms with Crippen LogP contribution in [-0.2, 0) is 17.8 Å². The monoisotopic (exact) mass is 462 g/mol. The number of ether oxygens (including phenoxy) is 1. The van der Waals surface area contributed by atoms with Gasteiger partial charge >= 0.3 is 0 Å². The van der Waals surface area contributed by atoms with Crippen molar-refractivity contribution >= 4 is 23.7 Å². The summed E-state index contributed by atoms with van der Waals surface area (Å²) in [6.07, 6.45) is 3.27. The predicted molar refractivity (Wildman–Crippen MR) is 131 cm³/mol. The zero-order chi connectivity index (χ0) is 23.0. The van der Waals surface area contributed by atoms with Gasteiger partial charge in [-0.3, -0.25) is 4.79 Å². The molecule has 2 atom stereocenters. The van der Waals surface area contributed by atoms with Crippen molar-refractivity contribution in [2.75, 3.05) is 0 Å². The Balaban J connectivity index is 1.24. The van der Waals surface area contributed by atoms with Gasteiger partial charge in [-0.25, -0.2) is 16.3 Å². The predicted octanol–water partition coefficient (Wildman–Crippen LogP) is 4.54. The number of aryl methyl sites for hydroxylation is 1. The molecule has 0 aromatic heterocycles. The smallest absolute Gasteiger partial charge is 0.258 e. The van der Waals surface area contributed by atoms with Gasteiger partial charge < -0.3 is 4.74 Å². The van der Waals surface area contributed by atoms with Gasteiger partial charge in [-0.1, -0.05) is 67.1 Å². The molecule has 1 saturated heterocycles. The van der Waals surface area contributed by atoms with Crippen molar-refractivity contribution in [3.63, 3.8) is 0 Å². The van der Waals surface area contributed by atoms with Gasteiger partial charge in [-0.15, -0.1) is 0 Å². The number of benzene rings is 3. The average molecular weight is 463 g/mol. The number of carbonyl (C=O) groups is 1. The Labute approximate surface area is 199 Å². The zero-order valence-corrected chi connectivity index (χ0v) is 19.2. The topological polar surface area (TPSA) is 74.8 Å². The molecular weight excluding hydrogens is 436 g/mol. The van der Waals surface area contributed by atoms with Crippen LogP contribution in [0, 0.1) is 0 Å². The molecule has 0 saturated carbocycles. The van der Waals surface area contributed by atoms with E-state index in [1.807, 2.05) is 60.7 Å². The number of carbonyl (C=O) groups excluding carboxylic acids is 1. The molecule has 2 unspecified atom stereocenters. The summed E-state index contributed by atoms with van der Waals surface area (Å²) in [4.78, 5) is 12.5. The highest BCUT2D eigenvalue weighted by Gasteiger charge is 2.30. The van der Waals surface area contributed by atoms with Crippen molar-refractivity contribution in [3.8, 4) is 5.75 Å². The van der Waals surface area contributed by atoms with E-state index in [2.05, 4.69) is 40.4 Å². The molecule has 3 N–H and O–H groups in total. The third-order valence-corrected chi connectivity index (χ3v) is 5.85. The largest absolute Gasteiger partial charge is 0.489 e. The van der Waals surface area contributed by atoms with E-state index in [9.17, 15) is 4.79 Å². The minimum absolute atomic E-state index is 0.0247. The number of hydrogen-bond donors (Lipinski definition) is 3.